The molecular weight excluding hydrogens is 455 g/mol. The van der Waals surface area contributed by atoms with Crippen molar-refractivity contribution in [3.63, 3.8) is 0 Å². The third-order valence-electron chi connectivity index (χ3n) is 5.21. The average molecular weight is 478 g/mol. The Labute approximate surface area is 199 Å². The number of carbonyl (C=O) groups excluding carboxylic acids is 2. The summed E-state index contributed by atoms with van der Waals surface area (Å²) in [6.07, 6.45) is 0.423. The molecule has 0 atom stereocenters. The first-order valence-corrected chi connectivity index (χ1v) is 10.8. The van der Waals surface area contributed by atoms with E-state index >= 15 is 0 Å². The molecule has 0 aliphatic carbocycles. The average Bonchev–Trinajstić information content (AvgIpc) is 3.28. The SMILES string of the molecule is NC(=O)c1ccc(OCCCO)c2onc(-c3ccccc3CNC(=O)Nc3cccc(F)c3)c12. The molecule has 0 saturated heterocycles. The van der Waals surface area contributed by atoms with E-state index in [9.17, 15) is 14.0 Å². The fourth-order valence-corrected chi connectivity index (χ4v) is 3.60. The number of carbonyl (C=O) groups is 2. The van der Waals surface area contributed by atoms with E-state index in [1.54, 1.807) is 36.4 Å². The molecule has 3 amide bonds. The molecule has 0 bridgehead atoms. The van der Waals surface area contributed by atoms with Crippen molar-refractivity contribution in [2.75, 3.05) is 18.5 Å². The maximum absolute atomic E-state index is 13.4. The first-order valence-electron chi connectivity index (χ1n) is 10.8. The zero-order valence-electron chi connectivity index (χ0n) is 18.6. The minimum atomic E-state index is -0.661. The van der Waals surface area contributed by atoms with Crippen molar-refractivity contribution in [2.24, 2.45) is 5.73 Å². The van der Waals surface area contributed by atoms with Gasteiger partial charge in [-0.1, -0.05) is 35.5 Å². The van der Waals surface area contributed by atoms with E-state index in [4.69, 9.17) is 20.1 Å². The zero-order valence-corrected chi connectivity index (χ0v) is 18.6. The van der Waals surface area contributed by atoms with E-state index < -0.39 is 17.8 Å². The fraction of sp³-hybridized carbons (Fsp3) is 0.160. The van der Waals surface area contributed by atoms with Crippen molar-refractivity contribution in [1.29, 1.82) is 0 Å². The predicted molar refractivity (Wildman–Crippen MR) is 127 cm³/mol. The molecule has 9 nitrogen and oxygen atoms in total. The van der Waals surface area contributed by atoms with Crippen LogP contribution in [0, 0.1) is 5.82 Å². The molecule has 0 radical (unpaired) electrons. The van der Waals surface area contributed by atoms with Crippen LogP contribution in [0.15, 0.2) is 65.2 Å². The summed E-state index contributed by atoms with van der Waals surface area (Å²) in [5.41, 5.74) is 8.05. The van der Waals surface area contributed by atoms with Crippen LogP contribution in [-0.4, -0.2) is 35.4 Å². The van der Waals surface area contributed by atoms with Crippen LogP contribution in [0.3, 0.4) is 0 Å². The first-order chi connectivity index (χ1) is 17.0. The number of hydrogen-bond donors (Lipinski definition) is 4. The summed E-state index contributed by atoms with van der Waals surface area (Å²) >= 11 is 0. The number of amides is 3. The summed E-state index contributed by atoms with van der Waals surface area (Å²) in [5.74, 6) is -0.760. The van der Waals surface area contributed by atoms with Crippen molar-refractivity contribution in [3.8, 4) is 17.0 Å². The molecule has 10 heteroatoms. The lowest BCUT2D eigenvalue weighted by molar-refractivity contribution is 0.100. The van der Waals surface area contributed by atoms with Gasteiger partial charge >= 0.3 is 6.03 Å². The van der Waals surface area contributed by atoms with Crippen LogP contribution in [0.5, 0.6) is 5.75 Å². The molecule has 0 aliphatic rings. The van der Waals surface area contributed by atoms with E-state index in [1.165, 1.54) is 24.3 Å². The molecule has 1 heterocycles. The van der Waals surface area contributed by atoms with Gasteiger partial charge < -0.3 is 30.7 Å². The lowest BCUT2D eigenvalue weighted by Gasteiger charge is -2.11. The number of hydrogen-bond acceptors (Lipinski definition) is 6. The molecule has 0 saturated carbocycles. The van der Waals surface area contributed by atoms with Gasteiger partial charge in [-0.2, -0.15) is 0 Å². The van der Waals surface area contributed by atoms with Gasteiger partial charge in [-0.3, -0.25) is 4.79 Å². The number of aliphatic hydroxyl groups excluding tert-OH is 1. The molecule has 0 spiro atoms. The molecule has 0 aliphatic heterocycles. The second-order valence-electron chi connectivity index (χ2n) is 7.61. The van der Waals surface area contributed by atoms with Crippen LogP contribution >= 0.6 is 0 Å². The van der Waals surface area contributed by atoms with Gasteiger partial charge in [0.15, 0.2) is 5.75 Å². The van der Waals surface area contributed by atoms with Crippen LogP contribution in [0.2, 0.25) is 0 Å². The van der Waals surface area contributed by atoms with Crippen LogP contribution in [0.1, 0.15) is 22.3 Å². The molecule has 4 aromatic rings. The van der Waals surface area contributed by atoms with Crippen LogP contribution < -0.4 is 21.1 Å². The van der Waals surface area contributed by atoms with Gasteiger partial charge in [0.05, 0.1) is 17.6 Å². The van der Waals surface area contributed by atoms with E-state index in [0.29, 0.717) is 40.1 Å². The topological polar surface area (TPSA) is 140 Å². The molecule has 4 rings (SSSR count). The number of fused-ring (bicyclic) bond motifs is 1. The summed E-state index contributed by atoms with van der Waals surface area (Å²) in [4.78, 5) is 24.5. The number of nitrogens with zero attached hydrogens (tertiary/aromatic N) is 1. The highest BCUT2D eigenvalue weighted by molar-refractivity contribution is 6.11. The van der Waals surface area contributed by atoms with Gasteiger partial charge in [-0.15, -0.1) is 0 Å². The van der Waals surface area contributed by atoms with E-state index in [2.05, 4.69) is 15.8 Å². The monoisotopic (exact) mass is 478 g/mol. The van der Waals surface area contributed by atoms with Crippen molar-refractivity contribution in [1.82, 2.24) is 10.5 Å². The minimum absolute atomic E-state index is 0.0304. The number of benzene rings is 3. The van der Waals surface area contributed by atoms with Crippen molar-refractivity contribution in [2.45, 2.75) is 13.0 Å². The molecule has 35 heavy (non-hydrogen) atoms. The number of aliphatic hydroxyl groups is 1. The molecule has 180 valence electrons. The van der Waals surface area contributed by atoms with E-state index in [0.717, 1.165) is 0 Å². The number of urea groups is 1. The Balaban J connectivity index is 1.63. The predicted octanol–water partition coefficient (Wildman–Crippen LogP) is 3.82. The van der Waals surface area contributed by atoms with Gasteiger partial charge in [0.1, 0.15) is 11.5 Å². The Kier molecular flexibility index (Phi) is 7.22. The standard InChI is InChI=1S/C25H23FN4O5/c26-16-6-3-7-17(13-16)29-25(33)28-14-15-5-1-2-8-18(15)22-21-19(24(27)32)9-10-20(23(21)35-30-22)34-12-4-11-31/h1-3,5-10,13,31H,4,11-12,14H2,(H2,27,32)(H2,28,29,33). The van der Waals surface area contributed by atoms with Crippen LogP contribution in [0.4, 0.5) is 14.9 Å². The lowest BCUT2D eigenvalue weighted by Crippen LogP contribution is -2.28. The number of primary amides is 1. The second kappa shape index (κ2) is 10.7. The Hall–Kier alpha value is -4.44. The molecular formula is C25H23FN4O5. The number of ether oxygens (including phenoxy) is 1. The Morgan fingerprint density at radius 2 is 1.94 bits per heavy atom. The van der Waals surface area contributed by atoms with Crippen LogP contribution in [0.25, 0.3) is 22.2 Å². The Bertz CT molecular complexity index is 1370. The molecule has 5 N–H and O–H groups in total. The Morgan fingerprint density at radius 1 is 1.11 bits per heavy atom. The summed E-state index contributed by atoms with van der Waals surface area (Å²) < 4.78 is 24.6. The molecule has 0 unspecified atom stereocenters. The third-order valence-corrected chi connectivity index (χ3v) is 5.21. The molecule has 1 aromatic heterocycles. The highest BCUT2D eigenvalue weighted by atomic mass is 19.1. The quantitative estimate of drug-likeness (QED) is 0.270. The normalized spacial score (nSPS) is 10.8. The molecule has 0 fully saturated rings. The van der Waals surface area contributed by atoms with Crippen molar-refractivity contribution in [3.05, 3.63) is 77.6 Å². The van der Waals surface area contributed by atoms with Gasteiger partial charge in [-0.05, 0) is 35.9 Å². The summed E-state index contributed by atoms with van der Waals surface area (Å²) in [5, 5.41) is 18.9. The maximum Gasteiger partial charge on any atom is 0.319 e. The van der Waals surface area contributed by atoms with Crippen molar-refractivity contribution < 1.29 is 28.3 Å². The van der Waals surface area contributed by atoms with Gasteiger partial charge in [0, 0.05) is 30.8 Å². The second-order valence-corrected chi connectivity index (χ2v) is 7.61. The van der Waals surface area contributed by atoms with E-state index in [1.807, 2.05) is 0 Å². The zero-order chi connectivity index (χ0) is 24.8. The number of rotatable bonds is 9. The number of nitrogens with one attached hydrogen (secondary N) is 2. The Morgan fingerprint density at radius 3 is 2.71 bits per heavy atom. The smallest absolute Gasteiger partial charge is 0.319 e. The first kappa shape index (κ1) is 23.7. The number of aromatic nitrogens is 1. The molecule has 3 aromatic carbocycles. The van der Waals surface area contributed by atoms with Crippen LogP contribution in [-0.2, 0) is 6.54 Å². The number of halogens is 1. The fourth-order valence-electron chi connectivity index (χ4n) is 3.60. The van der Waals surface area contributed by atoms with E-state index in [-0.39, 0.29) is 30.9 Å². The van der Waals surface area contributed by atoms with Gasteiger partial charge in [-0.25, -0.2) is 9.18 Å². The highest BCUT2D eigenvalue weighted by Gasteiger charge is 2.22. The maximum atomic E-state index is 13.4. The summed E-state index contributed by atoms with van der Waals surface area (Å²) in [7, 11) is 0. The third kappa shape index (κ3) is 5.39. The minimum Gasteiger partial charge on any atom is -0.489 e. The van der Waals surface area contributed by atoms with Crippen molar-refractivity contribution >= 4 is 28.6 Å². The lowest BCUT2D eigenvalue weighted by atomic mass is 9.98. The number of nitrogens with two attached hydrogens (primary N) is 1. The summed E-state index contributed by atoms with van der Waals surface area (Å²) in [6, 6.07) is 15.3. The number of anilines is 1. The van der Waals surface area contributed by atoms with Gasteiger partial charge in [0.2, 0.25) is 11.5 Å². The largest absolute Gasteiger partial charge is 0.489 e. The van der Waals surface area contributed by atoms with Gasteiger partial charge in [0.25, 0.3) is 0 Å². The highest BCUT2D eigenvalue weighted by Crippen LogP contribution is 2.37. The summed E-state index contributed by atoms with van der Waals surface area (Å²) in [6.45, 7) is 0.333.